The molecule has 0 aromatic carbocycles. The molecule has 2 rings (SSSR count). The van der Waals surface area contributed by atoms with Crippen molar-refractivity contribution in [2.75, 3.05) is 0 Å². The van der Waals surface area contributed by atoms with Crippen molar-refractivity contribution in [3.8, 4) is 0 Å². The second kappa shape index (κ2) is 4.67. The molecule has 0 saturated carbocycles. The standard InChI is InChI=1S/C12H12ClN3O/c1-8-6-12(17)16(9(2)14-8)7-10-4-3-5-11(13)15-10/h3-6H,7H2,1-2H3. The van der Waals surface area contributed by atoms with E-state index in [1.54, 1.807) is 24.5 Å². The highest BCUT2D eigenvalue weighted by Crippen LogP contribution is 2.06. The summed E-state index contributed by atoms with van der Waals surface area (Å²) in [6.45, 7) is 3.99. The van der Waals surface area contributed by atoms with Crippen LogP contribution in [0.4, 0.5) is 0 Å². The van der Waals surface area contributed by atoms with Crippen LogP contribution in [0.15, 0.2) is 29.1 Å². The van der Waals surface area contributed by atoms with Gasteiger partial charge in [0.25, 0.3) is 5.56 Å². The molecule has 0 fully saturated rings. The normalized spacial score (nSPS) is 10.5. The van der Waals surface area contributed by atoms with Crippen LogP contribution in [-0.4, -0.2) is 14.5 Å². The lowest BCUT2D eigenvalue weighted by atomic mass is 10.3. The van der Waals surface area contributed by atoms with Crippen LogP contribution in [0.3, 0.4) is 0 Å². The van der Waals surface area contributed by atoms with Crippen molar-refractivity contribution in [1.82, 2.24) is 14.5 Å². The predicted octanol–water partition coefficient (Wildman–Crippen LogP) is 1.96. The fourth-order valence-corrected chi connectivity index (χ4v) is 1.84. The van der Waals surface area contributed by atoms with Crippen LogP contribution in [-0.2, 0) is 6.54 Å². The average Bonchev–Trinajstić information content (AvgIpc) is 2.23. The van der Waals surface area contributed by atoms with Gasteiger partial charge in [-0.15, -0.1) is 0 Å². The minimum atomic E-state index is -0.0724. The molecule has 0 radical (unpaired) electrons. The molecule has 0 unspecified atom stereocenters. The van der Waals surface area contributed by atoms with E-state index in [4.69, 9.17) is 11.6 Å². The highest BCUT2D eigenvalue weighted by molar-refractivity contribution is 6.29. The van der Waals surface area contributed by atoms with Crippen LogP contribution < -0.4 is 5.56 Å². The van der Waals surface area contributed by atoms with E-state index in [1.165, 1.54) is 6.07 Å². The van der Waals surface area contributed by atoms with Crippen LogP contribution >= 0.6 is 11.6 Å². The molecule has 0 bridgehead atoms. The lowest BCUT2D eigenvalue weighted by Crippen LogP contribution is -2.24. The fourth-order valence-electron chi connectivity index (χ4n) is 1.66. The number of pyridine rings is 1. The van der Waals surface area contributed by atoms with Gasteiger partial charge in [-0.25, -0.2) is 9.97 Å². The summed E-state index contributed by atoms with van der Waals surface area (Å²) in [4.78, 5) is 20.2. The third kappa shape index (κ3) is 2.71. The highest BCUT2D eigenvalue weighted by atomic mass is 35.5. The molecule has 0 aliphatic carbocycles. The van der Waals surface area contributed by atoms with Gasteiger partial charge < -0.3 is 0 Å². The molecule has 0 spiro atoms. The highest BCUT2D eigenvalue weighted by Gasteiger charge is 2.05. The lowest BCUT2D eigenvalue weighted by molar-refractivity contribution is 0.681. The van der Waals surface area contributed by atoms with E-state index in [1.807, 2.05) is 12.1 Å². The summed E-state index contributed by atoms with van der Waals surface area (Å²) in [7, 11) is 0. The van der Waals surface area contributed by atoms with Gasteiger partial charge in [0.05, 0.1) is 12.2 Å². The summed E-state index contributed by atoms with van der Waals surface area (Å²) in [6.07, 6.45) is 0. The average molecular weight is 250 g/mol. The number of nitrogens with zero attached hydrogens (tertiary/aromatic N) is 3. The van der Waals surface area contributed by atoms with Crippen molar-refractivity contribution in [1.29, 1.82) is 0 Å². The second-order valence-corrected chi connectivity index (χ2v) is 4.21. The van der Waals surface area contributed by atoms with Crippen molar-refractivity contribution in [3.63, 3.8) is 0 Å². The molecule has 88 valence electrons. The van der Waals surface area contributed by atoms with Gasteiger partial charge in [0.15, 0.2) is 0 Å². The number of rotatable bonds is 2. The van der Waals surface area contributed by atoms with Crippen LogP contribution in [0.1, 0.15) is 17.2 Å². The van der Waals surface area contributed by atoms with Gasteiger partial charge in [-0.05, 0) is 26.0 Å². The smallest absolute Gasteiger partial charge is 0.254 e. The van der Waals surface area contributed by atoms with Gasteiger partial charge in [0, 0.05) is 11.8 Å². The molecule has 0 N–H and O–H groups in total. The van der Waals surface area contributed by atoms with Crippen LogP contribution in [0.5, 0.6) is 0 Å². The van der Waals surface area contributed by atoms with Crippen molar-refractivity contribution in [2.45, 2.75) is 20.4 Å². The molecule has 4 nitrogen and oxygen atoms in total. The molecule has 0 aliphatic heterocycles. The van der Waals surface area contributed by atoms with E-state index in [0.29, 0.717) is 17.5 Å². The number of hydrogen-bond acceptors (Lipinski definition) is 3. The molecule has 2 aromatic rings. The Labute approximate surface area is 104 Å². The molecule has 17 heavy (non-hydrogen) atoms. The monoisotopic (exact) mass is 249 g/mol. The second-order valence-electron chi connectivity index (χ2n) is 3.82. The third-order valence-electron chi connectivity index (χ3n) is 2.42. The van der Waals surface area contributed by atoms with E-state index >= 15 is 0 Å². The van der Waals surface area contributed by atoms with Crippen LogP contribution in [0.2, 0.25) is 5.15 Å². The Morgan fingerprint density at radius 3 is 2.71 bits per heavy atom. The van der Waals surface area contributed by atoms with Gasteiger partial charge >= 0.3 is 0 Å². The van der Waals surface area contributed by atoms with Crippen molar-refractivity contribution < 1.29 is 0 Å². The van der Waals surface area contributed by atoms with Crippen molar-refractivity contribution >= 4 is 11.6 Å². The first-order chi connectivity index (χ1) is 8.06. The first-order valence-electron chi connectivity index (χ1n) is 5.23. The zero-order valence-electron chi connectivity index (χ0n) is 9.64. The van der Waals surface area contributed by atoms with E-state index in [0.717, 1.165) is 11.4 Å². The Morgan fingerprint density at radius 2 is 2.06 bits per heavy atom. The summed E-state index contributed by atoms with van der Waals surface area (Å²) in [5.74, 6) is 0.678. The number of hydrogen-bond donors (Lipinski definition) is 0. The molecule has 0 aliphatic rings. The zero-order valence-corrected chi connectivity index (χ0v) is 10.4. The SMILES string of the molecule is Cc1cc(=O)n(Cc2cccc(Cl)n2)c(C)n1. The maximum absolute atomic E-state index is 11.8. The predicted molar refractivity (Wildman–Crippen MR) is 66.3 cm³/mol. The van der Waals surface area contributed by atoms with Gasteiger partial charge in [-0.3, -0.25) is 9.36 Å². The van der Waals surface area contributed by atoms with E-state index < -0.39 is 0 Å². The van der Waals surface area contributed by atoms with E-state index in [2.05, 4.69) is 9.97 Å². The van der Waals surface area contributed by atoms with Gasteiger partial charge in [0.2, 0.25) is 0 Å². The quantitative estimate of drug-likeness (QED) is 0.765. The Kier molecular flexibility index (Phi) is 3.24. The lowest BCUT2D eigenvalue weighted by Gasteiger charge is -2.09. The first kappa shape index (κ1) is 11.8. The Hall–Kier alpha value is -1.68. The minimum Gasteiger partial charge on any atom is -0.291 e. The molecular formula is C12H12ClN3O. The Morgan fingerprint density at radius 1 is 1.29 bits per heavy atom. The van der Waals surface area contributed by atoms with Gasteiger partial charge in [0.1, 0.15) is 11.0 Å². The summed E-state index contributed by atoms with van der Waals surface area (Å²) >= 11 is 5.80. The van der Waals surface area contributed by atoms with Crippen molar-refractivity contribution in [3.05, 3.63) is 57.0 Å². The molecule has 0 atom stereocenters. The van der Waals surface area contributed by atoms with Gasteiger partial charge in [-0.1, -0.05) is 17.7 Å². The molecule has 0 amide bonds. The third-order valence-corrected chi connectivity index (χ3v) is 2.63. The summed E-state index contributed by atoms with van der Waals surface area (Å²) in [5.41, 5.74) is 1.40. The first-order valence-corrected chi connectivity index (χ1v) is 5.60. The fraction of sp³-hybridized carbons (Fsp3) is 0.250. The topological polar surface area (TPSA) is 47.8 Å². The maximum Gasteiger partial charge on any atom is 0.254 e. The number of aromatic nitrogens is 3. The zero-order chi connectivity index (χ0) is 12.4. The molecule has 2 aromatic heterocycles. The van der Waals surface area contributed by atoms with E-state index in [-0.39, 0.29) is 5.56 Å². The molecule has 5 heteroatoms. The number of halogens is 1. The van der Waals surface area contributed by atoms with Crippen LogP contribution in [0, 0.1) is 13.8 Å². The molecule has 2 heterocycles. The van der Waals surface area contributed by atoms with Crippen LogP contribution in [0.25, 0.3) is 0 Å². The Balaban J connectivity index is 2.40. The maximum atomic E-state index is 11.8. The van der Waals surface area contributed by atoms with Gasteiger partial charge in [-0.2, -0.15) is 0 Å². The summed E-state index contributed by atoms with van der Waals surface area (Å²) in [6, 6.07) is 6.86. The Bertz CT molecular complexity index is 607. The largest absolute Gasteiger partial charge is 0.291 e. The molecule has 0 saturated heterocycles. The van der Waals surface area contributed by atoms with Crippen molar-refractivity contribution in [2.24, 2.45) is 0 Å². The molecular weight excluding hydrogens is 238 g/mol. The van der Waals surface area contributed by atoms with E-state index in [9.17, 15) is 4.79 Å². The minimum absolute atomic E-state index is 0.0724. The summed E-state index contributed by atoms with van der Waals surface area (Å²) in [5, 5.41) is 0.424. The number of aryl methyl sites for hydroxylation is 2. The summed E-state index contributed by atoms with van der Waals surface area (Å²) < 4.78 is 1.58.